The third kappa shape index (κ3) is 7.18. The van der Waals surface area contributed by atoms with Crippen molar-refractivity contribution in [3.05, 3.63) is 47.4 Å². The summed E-state index contributed by atoms with van der Waals surface area (Å²) in [5.41, 5.74) is -0.183. The van der Waals surface area contributed by atoms with Gasteiger partial charge >= 0.3 is 12.4 Å². The average molecular weight is 439 g/mol. The molecule has 1 aromatic carbocycles. The number of nitrogens with zero attached hydrogens (tertiary/aromatic N) is 3. The van der Waals surface area contributed by atoms with Crippen molar-refractivity contribution in [2.75, 3.05) is 6.54 Å². The Balaban J connectivity index is 0.00000420. The molecule has 0 amide bonds. The van der Waals surface area contributed by atoms with E-state index in [1.165, 1.54) is 18.2 Å². The molecule has 0 aliphatic heterocycles. The van der Waals surface area contributed by atoms with Gasteiger partial charge in [-0.1, -0.05) is 12.1 Å². The van der Waals surface area contributed by atoms with Crippen LogP contribution < -0.4 is 5.32 Å². The Morgan fingerprint density at radius 1 is 1.10 bits per heavy atom. The van der Waals surface area contributed by atoms with Crippen LogP contribution in [0.25, 0.3) is 11.3 Å². The molecule has 1 heterocycles. The van der Waals surface area contributed by atoms with E-state index < -0.39 is 24.0 Å². The molecule has 1 aromatic heterocycles. The van der Waals surface area contributed by atoms with Crippen molar-refractivity contribution in [3.8, 4) is 17.3 Å². The van der Waals surface area contributed by atoms with Crippen molar-refractivity contribution < 1.29 is 26.3 Å². The van der Waals surface area contributed by atoms with E-state index in [0.717, 1.165) is 19.1 Å². The van der Waals surface area contributed by atoms with Gasteiger partial charge in [0.1, 0.15) is 12.1 Å². The standard InChI is InChI=1S/C18H16F6N4.ClH/c1-11(17(19,20)21)26-7-3-6-14-9-15(28-16(10-25)27-14)12-4-2-5-13(8-12)18(22,23)24;/h2,4-5,8-9,11,26H,3,6-7H2,1H3;1H. The van der Waals surface area contributed by atoms with Crippen molar-refractivity contribution in [3.63, 3.8) is 0 Å². The van der Waals surface area contributed by atoms with Gasteiger partial charge in [0.2, 0.25) is 5.82 Å². The summed E-state index contributed by atoms with van der Waals surface area (Å²) in [6.45, 7) is 1.07. The van der Waals surface area contributed by atoms with E-state index in [2.05, 4.69) is 15.3 Å². The predicted molar refractivity (Wildman–Crippen MR) is 96.3 cm³/mol. The highest BCUT2D eigenvalue weighted by molar-refractivity contribution is 5.85. The summed E-state index contributed by atoms with van der Waals surface area (Å²) in [4.78, 5) is 7.90. The van der Waals surface area contributed by atoms with E-state index in [4.69, 9.17) is 5.26 Å². The number of nitrogens with one attached hydrogen (secondary N) is 1. The third-order valence-electron chi connectivity index (χ3n) is 3.92. The molecule has 0 aliphatic rings. The normalized spacial score (nSPS) is 12.8. The average Bonchev–Trinajstić information content (AvgIpc) is 2.63. The predicted octanol–water partition coefficient (Wildman–Crippen LogP) is 4.93. The second-order valence-corrected chi connectivity index (χ2v) is 6.08. The zero-order chi connectivity index (χ0) is 20.9. The number of hydrogen-bond donors (Lipinski definition) is 1. The Morgan fingerprint density at radius 3 is 2.38 bits per heavy atom. The number of benzene rings is 1. The maximum absolute atomic E-state index is 12.9. The van der Waals surface area contributed by atoms with Gasteiger partial charge in [-0.05, 0) is 44.5 Å². The van der Waals surface area contributed by atoms with Gasteiger partial charge in [-0.2, -0.15) is 31.6 Å². The smallest absolute Gasteiger partial charge is 0.306 e. The first-order valence-corrected chi connectivity index (χ1v) is 8.26. The Labute approximate surface area is 169 Å². The van der Waals surface area contributed by atoms with E-state index in [9.17, 15) is 26.3 Å². The van der Waals surface area contributed by atoms with Crippen molar-refractivity contribution in [2.24, 2.45) is 0 Å². The van der Waals surface area contributed by atoms with Crippen LogP contribution in [0.3, 0.4) is 0 Å². The van der Waals surface area contributed by atoms with Crippen molar-refractivity contribution in [1.82, 2.24) is 15.3 Å². The monoisotopic (exact) mass is 438 g/mol. The quantitative estimate of drug-likeness (QED) is 0.513. The number of aromatic nitrogens is 2. The molecule has 158 valence electrons. The number of aryl methyl sites for hydroxylation is 1. The van der Waals surface area contributed by atoms with Crippen LogP contribution in [-0.2, 0) is 12.6 Å². The lowest BCUT2D eigenvalue weighted by Gasteiger charge is -2.16. The molecule has 2 aromatic rings. The zero-order valence-corrected chi connectivity index (χ0v) is 15.9. The first-order chi connectivity index (χ1) is 13.0. The Morgan fingerprint density at radius 2 is 1.79 bits per heavy atom. The molecule has 2 rings (SSSR count). The minimum atomic E-state index is -4.52. The minimum Gasteiger partial charge on any atom is -0.306 e. The van der Waals surface area contributed by atoms with Crippen LogP contribution in [0.1, 0.15) is 30.4 Å². The van der Waals surface area contributed by atoms with Gasteiger partial charge in [-0.15, -0.1) is 12.4 Å². The molecule has 0 fully saturated rings. The number of alkyl halides is 6. The van der Waals surface area contributed by atoms with E-state index in [-0.39, 0.29) is 42.5 Å². The van der Waals surface area contributed by atoms with Crippen molar-refractivity contribution in [1.29, 1.82) is 5.26 Å². The van der Waals surface area contributed by atoms with Gasteiger partial charge < -0.3 is 5.32 Å². The second-order valence-electron chi connectivity index (χ2n) is 6.08. The summed E-state index contributed by atoms with van der Waals surface area (Å²) in [6, 6.07) is 6.01. The highest BCUT2D eigenvalue weighted by Crippen LogP contribution is 2.31. The maximum Gasteiger partial charge on any atom is 0.416 e. The molecule has 0 radical (unpaired) electrons. The number of halogens is 7. The van der Waals surface area contributed by atoms with Crippen LogP contribution in [0.4, 0.5) is 26.3 Å². The molecule has 0 saturated heterocycles. The summed E-state index contributed by atoms with van der Waals surface area (Å²) in [5, 5.41) is 11.4. The van der Waals surface area contributed by atoms with Gasteiger partial charge in [0.25, 0.3) is 0 Å². The molecule has 0 aliphatic carbocycles. The molecular weight excluding hydrogens is 422 g/mol. The zero-order valence-electron chi connectivity index (χ0n) is 15.1. The molecule has 4 nitrogen and oxygen atoms in total. The summed E-state index contributed by atoms with van der Waals surface area (Å²) in [7, 11) is 0. The molecule has 0 bridgehead atoms. The lowest BCUT2D eigenvalue weighted by atomic mass is 10.1. The summed E-state index contributed by atoms with van der Waals surface area (Å²) in [6.07, 6.45) is -8.34. The number of hydrogen-bond acceptors (Lipinski definition) is 4. The van der Waals surface area contributed by atoms with Gasteiger partial charge in [-0.3, -0.25) is 0 Å². The van der Waals surface area contributed by atoms with Gasteiger partial charge in [-0.25, -0.2) is 9.97 Å². The molecule has 1 atom stereocenters. The third-order valence-corrected chi connectivity index (χ3v) is 3.92. The Kier molecular flexibility index (Phi) is 8.41. The minimum absolute atomic E-state index is 0. The fraction of sp³-hybridized carbons (Fsp3) is 0.389. The second kappa shape index (κ2) is 9.89. The summed E-state index contributed by atoms with van der Waals surface area (Å²) >= 11 is 0. The fourth-order valence-electron chi connectivity index (χ4n) is 2.38. The number of nitriles is 1. The molecule has 0 saturated carbocycles. The van der Waals surface area contributed by atoms with Crippen molar-refractivity contribution >= 4 is 12.4 Å². The van der Waals surface area contributed by atoms with Crippen LogP contribution in [0.5, 0.6) is 0 Å². The topological polar surface area (TPSA) is 61.6 Å². The lowest BCUT2D eigenvalue weighted by Crippen LogP contribution is -2.40. The fourth-order valence-corrected chi connectivity index (χ4v) is 2.38. The van der Waals surface area contributed by atoms with E-state index >= 15 is 0 Å². The van der Waals surface area contributed by atoms with E-state index in [1.807, 2.05) is 0 Å². The van der Waals surface area contributed by atoms with Crippen molar-refractivity contribution in [2.45, 2.75) is 38.2 Å². The Bertz CT molecular complexity index is 861. The van der Waals surface area contributed by atoms with Gasteiger partial charge in [0.05, 0.1) is 11.3 Å². The van der Waals surface area contributed by atoms with Crippen LogP contribution in [-0.4, -0.2) is 28.7 Å². The Hall–Kier alpha value is -2.38. The highest BCUT2D eigenvalue weighted by Gasteiger charge is 2.35. The van der Waals surface area contributed by atoms with Gasteiger partial charge in [0, 0.05) is 11.3 Å². The SMILES string of the molecule is CC(NCCCc1cc(-c2cccc(C(F)(F)F)c2)nc(C#N)n1)C(F)(F)F.Cl. The molecule has 29 heavy (non-hydrogen) atoms. The van der Waals surface area contributed by atoms with Crippen LogP contribution in [0, 0.1) is 11.3 Å². The first-order valence-electron chi connectivity index (χ1n) is 8.26. The lowest BCUT2D eigenvalue weighted by molar-refractivity contribution is -0.151. The largest absolute Gasteiger partial charge is 0.416 e. The molecule has 11 heteroatoms. The summed E-state index contributed by atoms with van der Waals surface area (Å²) < 4.78 is 76.0. The molecule has 1 N–H and O–H groups in total. The number of rotatable bonds is 6. The van der Waals surface area contributed by atoms with Gasteiger partial charge in [0.15, 0.2) is 0 Å². The first kappa shape index (κ1) is 24.7. The maximum atomic E-state index is 12.9. The molecule has 1 unspecified atom stereocenters. The van der Waals surface area contributed by atoms with Crippen LogP contribution >= 0.6 is 12.4 Å². The highest BCUT2D eigenvalue weighted by atomic mass is 35.5. The summed E-state index contributed by atoms with van der Waals surface area (Å²) in [5.74, 6) is -0.221. The van der Waals surface area contributed by atoms with Crippen LogP contribution in [0.2, 0.25) is 0 Å². The van der Waals surface area contributed by atoms with E-state index in [1.54, 1.807) is 6.07 Å². The molecule has 0 spiro atoms. The van der Waals surface area contributed by atoms with Crippen LogP contribution in [0.15, 0.2) is 30.3 Å². The van der Waals surface area contributed by atoms with E-state index in [0.29, 0.717) is 12.1 Å². The molecular formula is C18H17ClF6N4.